The zero-order chi connectivity index (χ0) is 24.4. The number of aliphatic hydroxyl groups is 2. The van der Waals surface area contributed by atoms with Crippen LogP contribution in [-0.2, 0) is 25.5 Å². The Morgan fingerprint density at radius 3 is 1.48 bits per heavy atom. The van der Waals surface area contributed by atoms with Crippen LogP contribution in [0.15, 0.2) is 12.1 Å². The Kier molecular flexibility index (Phi) is 9.62. The van der Waals surface area contributed by atoms with Crippen LogP contribution in [0.4, 0.5) is 0 Å². The zero-order valence-corrected chi connectivity index (χ0v) is 21.5. The molecule has 1 unspecified atom stereocenters. The third kappa shape index (κ3) is 6.42. The van der Waals surface area contributed by atoms with E-state index in [2.05, 4.69) is 0 Å². The second kappa shape index (κ2) is 10.4. The lowest BCUT2D eigenvalue weighted by Crippen LogP contribution is -2.54. The van der Waals surface area contributed by atoms with Crippen LogP contribution in [0.25, 0.3) is 0 Å². The fourth-order valence-electron chi connectivity index (χ4n) is 3.82. The van der Waals surface area contributed by atoms with Gasteiger partial charge in [0.15, 0.2) is 0 Å². The van der Waals surface area contributed by atoms with Crippen molar-refractivity contribution < 1.29 is 38.8 Å². The van der Waals surface area contributed by atoms with Crippen LogP contribution in [0.3, 0.4) is 0 Å². The molecule has 0 amide bonds. The topological polar surface area (TPSA) is 140 Å². The van der Waals surface area contributed by atoms with Crippen molar-refractivity contribution in [2.24, 2.45) is 5.41 Å². The van der Waals surface area contributed by atoms with E-state index in [1.807, 2.05) is 60.6 Å². The van der Waals surface area contributed by atoms with E-state index >= 15 is 0 Å². The summed E-state index contributed by atoms with van der Waals surface area (Å²) in [6.45, 7) is 13.8. The van der Waals surface area contributed by atoms with E-state index in [4.69, 9.17) is 9.05 Å². The van der Waals surface area contributed by atoms with E-state index in [1.54, 1.807) is 6.92 Å². The summed E-state index contributed by atoms with van der Waals surface area (Å²) in [4.78, 5) is 38.5. The first-order chi connectivity index (χ1) is 13.9. The highest BCUT2D eigenvalue weighted by molar-refractivity contribution is 7.39. The first-order valence-electron chi connectivity index (χ1n) is 10.0. The van der Waals surface area contributed by atoms with Gasteiger partial charge in [-0.25, -0.2) is 0 Å². The molecule has 0 radical (unpaired) electrons. The maximum absolute atomic E-state index is 10.4. The average Bonchev–Trinajstić information content (AvgIpc) is 2.59. The summed E-state index contributed by atoms with van der Waals surface area (Å²) in [5.41, 5.74) is -0.802. The highest BCUT2D eigenvalue weighted by atomic mass is 31.2. The highest BCUT2D eigenvalue weighted by Crippen LogP contribution is 2.55. The minimum atomic E-state index is -2.92. The normalized spacial score (nSPS) is 15.6. The molecule has 8 nitrogen and oxygen atoms in total. The van der Waals surface area contributed by atoms with E-state index in [0.717, 1.165) is 16.7 Å². The van der Waals surface area contributed by atoms with E-state index in [0.29, 0.717) is 5.56 Å². The Morgan fingerprint density at radius 2 is 1.19 bits per heavy atom. The Hall–Kier alpha value is -0.240. The maximum Gasteiger partial charge on any atom is 0.327 e. The molecule has 0 spiro atoms. The molecule has 1 aromatic rings. The minimum Gasteiger partial charge on any atom is -0.395 e. The number of benzene rings is 1. The third-order valence-electron chi connectivity index (χ3n) is 5.71. The smallest absolute Gasteiger partial charge is 0.327 e. The summed E-state index contributed by atoms with van der Waals surface area (Å²) in [6, 6.07) is 3.96. The van der Waals surface area contributed by atoms with E-state index in [1.165, 1.54) is 0 Å². The van der Waals surface area contributed by atoms with Gasteiger partial charge in [0, 0.05) is 0 Å². The van der Waals surface area contributed by atoms with Crippen LogP contribution >= 0.6 is 17.2 Å². The summed E-state index contributed by atoms with van der Waals surface area (Å²) >= 11 is 0. The molecule has 1 atom stereocenters. The predicted molar refractivity (Wildman–Crippen MR) is 122 cm³/mol. The number of hydrogen-bond acceptors (Lipinski definition) is 8. The molecule has 0 bridgehead atoms. The largest absolute Gasteiger partial charge is 0.395 e. The van der Waals surface area contributed by atoms with Gasteiger partial charge in [-0.15, -0.1) is 0 Å². The fraction of sp³-hybridized carbons (Fsp3) is 0.714. The summed E-state index contributed by atoms with van der Waals surface area (Å²) in [5, 5.41) is 20.8. The second-order valence-corrected chi connectivity index (χ2v) is 11.7. The number of hydrogen-bond donors (Lipinski definition) is 6. The van der Waals surface area contributed by atoms with E-state index in [-0.39, 0.29) is 0 Å². The molecule has 0 fully saturated rings. The summed E-state index contributed by atoms with van der Waals surface area (Å²) < 4.78 is 10.8. The lowest BCUT2D eigenvalue weighted by atomic mass is 9.63. The number of aliphatic hydroxyl groups excluding tert-OH is 2. The predicted octanol–water partition coefficient (Wildman–Crippen LogP) is 3.23. The standard InChI is InChI=1S/C21H38O8P2/c1-14-9-15(18(2,3)4)17(16(10-14)19(5,6)7)20(8,29-31(26)27)21(11-22,12-23)13-28-30(24)25/h9-10,22-27H,11-13H2,1-8H3. The Labute approximate surface area is 187 Å². The molecule has 0 aliphatic heterocycles. The lowest BCUT2D eigenvalue weighted by Gasteiger charge is -2.49. The highest BCUT2D eigenvalue weighted by Gasteiger charge is 2.55. The van der Waals surface area contributed by atoms with Crippen molar-refractivity contribution in [3.8, 4) is 0 Å². The van der Waals surface area contributed by atoms with Gasteiger partial charge < -0.3 is 38.8 Å². The van der Waals surface area contributed by atoms with Crippen molar-refractivity contribution in [1.82, 2.24) is 0 Å². The molecule has 1 aromatic carbocycles. The van der Waals surface area contributed by atoms with Gasteiger partial charge in [-0.2, -0.15) is 0 Å². The van der Waals surface area contributed by atoms with Crippen LogP contribution in [0, 0.1) is 12.3 Å². The molecular formula is C21H38O8P2. The van der Waals surface area contributed by atoms with Crippen molar-refractivity contribution in [2.75, 3.05) is 19.8 Å². The summed E-state index contributed by atoms with van der Waals surface area (Å²) in [5.74, 6) is 0. The molecule has 6 N–H and O–H groups in total. The van der Waals surface area contributed by atoms with Gasteiger partial charge in [-0.1, -0.05) is 59.2 Å². The van der Waals surface area contributed by atoms with Gasteiger partial charge in [0.25, 0.3) is 0 Å². The fourth-order valence-corrected chi connectivity index (χ4v) is 4.79. The second-order valence-electron chi connectivity index (χ2n) is 10.2. The van der Waals surface area contributed by atoms with E-state index in [9.17, 15) is 29.8 Å². The van der Waals surface area contributed by atoms with Crippen molar-refractivity contribution >= 4 is 17.2 Å². The van der Waals surface area contributed by atoms with Crippen LogP contribution < -0.4 is 0 Å². The molecule has 1 rings (SSSR count). The summed E-state index contributed by atoms with van der Waals surface area (Å²) in [7, 11) is -5.69. The molecule has 0 aliphatic rings. The minimum absolute atomic E-state index is 0.405. The van der Waals surface area contributed by atoms with Gasteiger partial charge in [-0.3, -0.25) is 0 Å². The molecule has 31 heavy (non-hydrogen) atoms. The number of rotatable bonds is 9. The van der Waals surface area contributed by atoms with Crippen molar-refractivity contribution in [3.63, 3.8) is 0 Å². The van der Waals surface area contributed by atoms with Gasteiger partial charge in [0.2, 0.25) is 0 Å². The van der Waals surface area contributed by atoms with Crippen LogP contribution in [-0.4, -0.2) is 49.6 Å². The van der Waals surface area contributed by atoms with Gasteiger partial charge in [0.1, 0.15) is 5.60 Å². The van der Waals surface area contributed by atoms with Gasteiger partial charge in [0.05, 0.1) is 25.2 Å². The molecule has 0 saturated carbocycles. The van der Waals surface area contributed by atoms with Gasteiger partial charge >= 0.3 is 17.2 Å². The Bertz CT molecular complexity index is 701. The average molecular weight is 480 g/mol. The molecule has 180 valence electrons. The third-order valence-corrected chi connectivity index (χ3v) is 6.60. The van der Waals surface area contributed by atoms with Crippen LogP contribution in [0.2, 0.25) is 0 Å². The lowest BCUT2D eigenvalue weighted by molar-refractivity contribution is -0.135. The molecule has 0 saturated heterocycles. The first kappa shape index (κ1) is 28.8. The maximum atomic E-state index is 10.4. The Balaban J connectivity index is 4.14. The molecule has 0 aromatic heterocycles. The van der Waals surface area contributed by atoms with Crippen LogP contribution in [0.5, 0.6) is 0 Å². The Morgan fingerprint density at radius 1 is 0.774 bits per heavy atom. The molecular weight excluding hydrogens is 442 g/mol. The quantitative estimate of drug-likeness (QED) is 0.296. The molecule has 10 heteroatoms. The van der Waals surface area contributed by atoms with E-state index < -0.39 is 58.9 Å². The van der Waals surface area contributed by atoms with Crippen LogP contribution in [0.1, 0.15) is 70.7 Å². The first-order valence-corrected chi connectivity index (χ1v) is 12.3. The van der Waals surface area contributed by atoms with Crippen molar-refractivity contribution in [3.05, 3.63) is 34.4 Å². The monoisotopic (exact) mass is 480 g/mol. The van der Waals surface area contributed by atoms with Crippen molar-refractivity contribution in [1.29, 1.82) is 0 Å². The van der Waals surface area contributed by atoms with Gasteiger partial charge in [-0.05, 0) is 41.4 Å². The summed E-state index contributed by atoms with van der Waals surface area (Å²) in [6.07, 6.45) is 0. The molecule has 0 heterocycles. The SMILES string of the molecule is Cc1cc(C(C)(C)C)c(C(C)(OP(O)O)C(CO)(CO)COP(O)O)c(C(C)(C)C)c1. The number of aryl methyl sites for hydroxylation is 1. The van der Waals surface area contributed by atoms with Crippen molar-refractivity contribution in [2.45, 2.75) is 71.8 Å². The zero-order valence-electron chi connectivity index (χ0n) is 19.7. The molecule has 0 aliphatic carbocycles.